The zero-order valence-corrected chi connectivity index (χ0v) is 28.1. The lowest BCUT2D eigenvalue weighted by Gasteiger charge is -2.45. The van der Waals surface area contributed by atoms with E-state index in [0.717, 1.165) is 38.9 Å². The van der Waals surface area contributed by atoms with Crippen molar-refractivity contribution in [1.82, 2.24) is 4.90 Å². The average molecular weight is 664 g/mol. The molecule has 0 aliphatic carbocycles. The van der Waals surface area contributed by atoms with Gasteiger partial charge < -0.3 is 30.8 Å². The Morgan fingerprint density at radius 3 is 1.72 bits per heavy atom. The third-order valence-electron chi connectivity index (χ3n) is 7.23. The predicted molar refractivity (Wildman–Crippen MR) is 170 cm³/mol. The Kier molecular flexibility index (Phi) is 13.7. The molecule has 4 rings (SSSR count). The molecule has 3 aromatic rings. The van der Waals surface area contributed by atoms with E-state index in [1.807, 2.05) is 25.1 Å². The molecule has 0 radical (unpaired) electrons. The number of likely N-dealkylation sites (tertiary alicyclic amines) is 1. The standard InChI is InChI=1S/C16H23NO2.2C9H8O4.Al.H2O/c1-4-15(18)19-16(14-8-6-5-7-9-14)10-11-17(3)12-13(16)2;2*1-6(10)13-8-5-3-2-4-7(8)9(11)12;;/h5-9,13H,4,10-12H2,1-3H3;2*2-5H,1H3,(H,11,12);;1H2/q;;;+3;/p-3/t13-,16+;;;;/m0..../s1. The van der Waals surface area contributed by atoms with E-state index in [4.69, 9.17) is 21.8 Å². The zero-order valence-electron chi connectivity index (χ0n) is 27.0. The van der Waals surface area contributed by atoms with Crippen LogP contribution in [0.5, 0.6) is 11.5 Å². The average Bonchev–Trinajstić information content (AvgIpc) is 3.03. The number of hydrogen-bond acceptors (Lipinski definition) is 12. The molecule has 0 spiro atoms. The van der Waals surface area contributed by atoms with Gasteiger partial charge in [0.2, 0.25) is 0 Å². The second-order valence-corrected chi connectivity index (χ2v) is 11.9. The van der Waals surface area contributed by atoms with E-state index in [1.165, 1.54) is 48.5 Å². The maximum Gasteiger partial charge on any atom is 1.10 e. The van der Waals surface area contributed by atoms with Crippen LogP contribution in [0.4, 0.5) is 0 Å². The molecule has 1 aliphatic heterocycles. The van der Waals surface area contributed by atoms with Gasteiger partial charge in [-0.1, -0.05) is 68.4 Å². The summed E-state index contributed by atoms with van der Waals surface area (Å²) in [5.74, 6) is -3.29. The molecule has 0 unspecified atom stereocenters. The number of ether oxygens (including phenoxy) is 3. The van der Waals surface area contributed by atoms with Gasteiger partial charge in [-0.3, -0.25) is 14.4 Å². The smallest absolute Gasteiger partial charge is 0.558 e. The Balaban J connectivity index is 0.000000274. The van der Waals surface area contributed by atoms with E-state index >= 15 is 0 Å². The molecule has 248 valence electrons. The molecular formula is C34H38AlNO11. The molecule has 1 fully saturated rings. The number of nitrogens with zero attached hydrogens (tertiary/aromatic N) is 1. The van der Waals surface area contributed by atoms with Gasteiger partial charge in [-0.2, -0.15) is 0 Å². The Bertz CT molecular complexity index is 1490. The molecule has 1 heterocycles. The Labute approximate surface area is 278 Å². The number of para-hydroxylation sites is 2. The first-order chi connectivity index (χ1) is 22.4. The first-order valence-corrected chi connectivity index (χ1v) is 16.4. The van der Waals surface area contributed by atoms with Gasteiger partial charge in [-0.15, -0.1) is 0 Å². The predicted octanol–water partition coefficient (Wildman–Crippen LogP) is 4.33. The summed E-state index contributed by atoms with van der Waals surface area (Å²) in [7, 11) is 2.12. The molecule has 2 atom stereocenters. The molecular weight excluding hydrogens is 625 g/mol. The van der Waals surface area contributed by atoms with Crippen molar-refractivity contribution < 1.29 is 49.9 Å². The summed E-state index contributed by atoms with van der Waals surface area (Å²) >= 11 is -3.75. The fourth-order valence-corrected chi connectivity index (χ4v) is 5.71. The summed E-state index contributed by atoms with van der Waals surface area (Å²) in [4.78, 5) is 60.7. The van der Waals surface area contributed by atoms with Crippen LogP contribution in [-0.4, -0.2) is 74.2 Å². The fourth-order valence-electron chi connectivity index (χ4n) is 5.04. The van der Waals surface area contributed by atoms with E-state index in [1.54, 1.807) is 0 Å². The van der Waals surface area contributed by atoms with E-state index in [2.05, 4.69) is 31.0 Å². The monoisotopic (exact) mass is 663 g/mol. The number of rotatable bonds is 9. The van der Waals surface area contributed by atoms with Gasteiger partial charge in [0.05, 0.1) is 11.1 Å². The number of hydrogen-bond donors (Lipinski definition) is 1. The van der Waals surface area contributed by atoms with Crippen LogP contribution < -0.4 is 9.47 Å². The van der Waals surface area contributed by atoms with E-state index in [0.29, 0.717) is 12.3 Å². The van der Waals surface area contributed by atoms with Crippen molar-refractivity contribution in [3.05, 3.63) is 95.6 Å². The number of carbonyl (C=O) groups is 5. The lowest BCUT2D eigenvalue weighted by Crippen LogP contribution is -2.50. The van der Waals surface area contributed by atoms with Crippen molar-refractivity contribution in [1.29, 1.82) is 0 Å². The molecule has 3 aromatic carbocycles. The minimum absolute atomic E-state index is 0.0623. The molecule has 12 nitrogen and oxygen atoms in total. The molecule has 1 saturated heterocycles. The summed E-state index contributed by atoms with van der Waals surface area (Å²) in [5.41, 5.74) is 0.416. The molecule has 0 saturated carbocycles. The van der Waals surface area contributed by atoms with Crippen molar-refractivity contribution in [3.8, 4) is 11.5 Å². The molecule has 0 aromatic heterocycles. The van der Waals surface area contributed by atoms with Crippen LogP contribution >= 0.6 is 0 Å². The van der Waals surface area contributed by atoms with Crippen LogP contribution in [0.1, 0.15) is 66.8 Å². The third kappa shape index (κ3) is 10.5. The zero-order chi connectivity index (χ0) is 34.6. The van der Waals surface area contributed by atoms with Crippen molar-refractivity contribution in [2.75, 3.05) is 20.1 Å². The van der Waals surface area contributed by atoms with Crippen LogP contribution in [0.2, 0.25) is 0 Å². The highest BCUT2D eigenvalue weighted by Gasteiger charge is 2.44. The second kappa shape index (κ2) is 17.4. The van der Waals surface area contributed by atoms with Gasteiger partial charge in [0.15, 0.2) is 0 Å². The summed E-state index contributed by atoms with van der Waals surface area (Å²) < 4.78 is 35.2. The normalized spacial score (nSPS) is 17.2. The largest absolute Gasteiger partial charge is 1.10 e. The molecule has 13 heteroatoms. The van der Waals surface area contributed by atoms with Crippen LogP contribution in [0.15, 0.2) is 78.9 Å². The van der Waals surface area contributed by atoms with E-state index in [-0.39, 0.29) is 28.6 Å². The first kappa shape index (κ1) is 36.9. The van der Waals surface area contributed by atoms with Crippen molar-refractivity contribution in [3.63, 3.8) is 0 Å². The number of piperidine rings is 1. The van der Waals surface area contributed by atoms with Crippen molar-refractivity contribution >= 4 is 45.0 Å². The quantitative estimate of drug-likeness (QED) is 0.197. The fraction of sp³-hybridized carbons (Fsp3) is 0.324. The molecule has 47 heavy (non-hydrogen) atoms. The summed E-state index contributed by atoms with van der Waals surface area (Å²) in [6.07, 6.45) is 1.29. The van der Waals surface area contributed by atoms with Crippen LogP contribution in [0, 0.1) is 5.92 Å². The van der Waals surface area contributed by atoms with Crippen LogP contribution in [-0.2, 0) is 32.3 Å². The van der Waals surface area contributed by atoms with Gasteiger partial charge in [0, 0.05) is 45.7 Å². The third-order valence-corrected chi connectivity index (χ3v) is 8.06. The van der Waals surface area contributed by atoms with Gasteiger partial charge in [0.1, 0.15) is 17.1 Å². The first-order valence-electron chi connectivity index (χ1n) is 15.0. The lowest BCUT2D eigenvalue weighted by atomic mass is 9.76. The van der Waals surface area contributed by atoms with Gasteiger partial charge in [-0.25, -0.2) is 9.59 Å². The minimum atomic E-state index is -3.75. The highest BCUT2D eigenvalue weighted by molar-refractivity contribution is 6.41. The maximum atomic E-state index is 12.2. The Morgan fingerprint density at radius 1 is 0.809 bits per heavy atom. The summed E-state index contributed by atoms with van der Waals surface area (Å²) in [6, 6.07) is 21.6. The SMILES string of the molecule is CC(=O)Oc1ccccc1C(=O)[O][Al]([OH])[O]C(=O)c1ccccc1OC(C)=O.CCC(=O)O[C@]1(c2ccccc2)CCN(C)C[C@@H]1C. The highest BCUT2D eigenvalue weighted by atomic mass is 27.2. The molecule has 1 aliphatic rings. The summed E-state index contributed by atoms with van der Waals surface area (Å²) in [6.45, 7) is 8.25. The van der Waals surface area contributed by atoms with Gasteiger partial charge in [-0.05, 0) is 36.9 Å². The molecule has 0 amide bonds. The van der Waals surface area contributed by atoms with E-state index < -0.39 is 44.6 Å². The number of esters is 3. The van der Waals surface area contributed by atoms with E-state index in [9.17, 15) is 28.1 Å². The molecule has 1 N–H and O–H groups in total. The Hall–Kier alpha value is -4.54. The number of benzene rings is 3. The van der Waals surface area contributed by atoms with Crippen molar-refractivity contribution in [2.45, 2.75) is 46.1 Å². The van der Waals surface area contributed by atoms with Gasteiger partial charge in [0.25, 0.3) is 0 Å². The van der Waals surface area contributed by atoms with Gasteiger partial charge >= 0.3 is 45.0 Å². The Morgan fingerprint density at radius 2 is 1.28 bits per heavy atom. The summed E-state index contributed by atoms with van der Waals surface area (Å²) in [5, 5.41) is 0. The maximum absolute atomic E-state index is 12.2. The van der Waals surface area contributed by atoms with Crippen LogP contribution in [0.25, 0.3) is 0 Å². The topological polar surface area (TPSA) is 155 Å². The van der Waals surface area contributed by atoms with Crippen LogP contribution in [0.3, 0.4) is 0 Å². The minimum Gasteiger partial charge on any atom is -0.558 e. The molecule has 0 bridgehead atoms. The number of carbonyl (C=O) groups excluding carboxylic acids is 5. The highest BCUT2D eigenvalue weighted by Crippen LogP contribution is 2.41. The lowest BCUT2D eigenvalue weighted by molar-refractivity contribution is -0.174. The van der Waals surface area contributed by atoms with Crippen molar-refractivity contribution in [2.24, 2.45) is 5.92 Å². The second-order valence-electron chi connectivity index (χ2n) is 10.8.